The second-order valence-corrected chi connectivity index (χ2v) is 15.9. The van der Waals surface area contributed by atoms with Gasteiger partial charge in [-0.3, -0.25) is 0 Å². The van der Waals surface area contributed by atoms with Gasteiger partial charge in [-0.05, 0) is 92.6 Å². The molecule has 4 aromatic rings. The van der Waals surface area contributed by atoms with Crippen molar-refractivity contribution in [2.75, 3.05) is 13.1 Å². The van der Waals surface area contributed by atoms with Gasteiger partial charge in [-0.2, -0.15) is 14.5 Å². The van der Waals surface area contributed by atoms with Gasteiger partial charge in [0, 0.05) is 22.5 Å². The summed E-state index contributed by atoms with van der Waals surface area (Å²) >= 11 is 12.1. The standard InChI is InChI=1S/C33H31Cl2N3O4S2/c1-23-9-17-29(18-10-23)44(41,42)38-21-30(33(2,3)37-36-27-15-11-25(34)12-16-27)32(24-7-5-4-6-8-24)31(22-38)43(39,40)28-19-13-26(35)14-20-28/h4-20,30H,21-22H2,1-3H3/t30-/m1/s1. The fourth-order valence-corrected chi connectivity index (χ4v) is 8.56. The minimum absolute atomic E-state index is 0.0132. The number of halogens is 2. The number of aryl methyl sites for hydroxylation is 1. The van der Waals surface area contributed by atoms with Crippen molar-refractivity contribution in [2.45, 2.75) is 36.1 Å². The van der Waals surface area contributed by atoms with Crippen LogP contribution in [0.15, 0.2) is 128 Å². The van der Waals surface area contributed by atoms with Crippen molar-refractivity contribution in [1.29, 1.82) is 0 Å². The Hall–Kier alpha value is -3.34. The summed E-state index contributed by atoms with van der Waals surface area (Å²) in [5, 5.41) is 10.1. The van der Waals surface area contributed by atoms with Gasteiger partial charge < -0.3 is 0 Å². The van der Waals surface area contributed by atoms with Gasteiger partial charge in [0.25, 0.3) is 0 Å². The summed E-state index contributed by atoms with van der Waals surface area (Å²) in [4.78, 5) is 0.0702. The lowest BCUT2D eigenvalue weighted by atomic mass is 9.77. The van der Waals surface area contributed by atoms with Crippen LogP contribution < -0.4 is 0 Å². The molecule has 0 N–H and O–H groups in total. The van der Waals surface area contributed by atoms with Crippen LogP contribution in [0.4, 0.5) is 5.69 Å². The van der Waals surface area contributed by atoms with Crippen molar-refractivity contribution in [1.82, 2.24) is 4.31 Å². The summed E-state index contributed by atoms with van der Waals surface area (Å²) in [5.74, 6) is -0.702. The van der Waals surface area contributed by atoms with Crippen LogP contribution in [-0.2, 0) is 19.9 Å². The van der Waals surface area contributed by atoms with Gasteiger partial charge >= 0.3 is 0 Å². The van der Waals surface area contributed by atoms with Gasteiger partial charge in [0.1, 0.15) is 0 Å². The average molecular weight is 669 g/mol. The van der Waals surface area contributed by atoms with Crippen LogP contribution in [0, 0.1) is 12.8 Å². The van der Waals surface area contributed by atoms with E-state index in [9.17, 15) is 16.8 Å². The SMILES string of the molecule is Cc1ccc(S(=O)(=O)N2CC(S(=O)(=O)c3ccc(Cl)cc3)=C(c3ccccc3)[C@H](C(C)(C)N=Nc3ccc(Cl)cc3)C2)cc1. The number of sulfonamides is 1. The van der Waals surface area contributed by atoms with Gasteiger partial charge in [0.2, 0.25) is 19.9 Å². The summed E-state index contributed by atoms with van der Waals surface area (Å²) in [6.45, 7) is 5.15. The molecule has 0 amide bonds. The van der Waals surface area contributed by atoms with Crippen molar-refractivity contribution >= 4 is 54.3 Å². The minimum atomic E-state index is -4.20. The molecule has 44 heavy (non-hydrogen) atoms. The molecule has 0 aromatic heterocycles. The smallest absolute Gasteiger partial charge is 0.219 e. The van der Waals surface area contributed by atoms with Crippen molar-refractivity contribution in [2.24, 2.45) is 16.1 Å². The molecule has 1 aliphatic heterocycles. The first-order valence-electron chi connectivity index (χ1n) is 13.8. The molecule has 1 aliphatic rings. The molecule has 228 valence electrons. The van der Waals surface area contributed by atoms with Crippen molar-refractivity contribution < 1.29 is 16.8 Å². The first kappa shape index (κ1) is 32.1. The van der Waals surface area contributed by atoms with E-state index < -0.39 is 31.3 Å². The Morgan fingerprint density at radius 2 is 1.30 bits per heavy atom. The number of sulfone groups is 1. The largest absolute Gasteiger partial charge is 0.243 e. The zero-order chi connectivity index (χ0) is 31.7. The van der Waals surface area contributed by atoms with Crippen molar-refractivity contribution in [3.63, 3.8) is 0 Å². The molecular formula is C33H31Cl2N3O4S2. The molecule has 0 saturated carbocycles. The molecule has 11 heteroatoms. The highest BCUT2D eigenvalue weighted by Gasteiger charge is 2.45. The van der Waals surface area contributed by atoms with Gasteiger partial charge in [-0.15, -0.1) is 0 Å². The van der Waals surface area contributed by atoms with Crippen LogP contribution in [0.3, 0.4) is 0 Å². The van der Waals surface area contributed by atoms with Crippen LogP contribution in [0.25, 0.3) is 5.57 Å². The molecule has 4 aromatic carbocycles. The second kappa shape index (κ2) is 12.6. The Labute approximate surface area is 268 Å². The van der Waals surface area contributed by atoms with Crippen LogP contribution in [0.1, 0.15) is 25.0 Å². The Balaban J connectivity index is 1.74. The summed E-state index contributed by atoms with van der Waals surface area (Å²) in [6.07, 6.45) is 0. The van der Waals surface area contributed by atoms with E-state index in [2.05, 4.69) is 10.2 Å². The highest BCUT2D eigenvalue weighted by atomic mass is 35.5. The molecule has 0 saturated heterocycles. The molecule has 1 heterocycles. The maximum absolute atomic E-state index is 14.4. The predicted octanol–water partition coefficient (Wildman–Crippen LogP) is 8.37. The van der Waals surface area contributed by atoms with E-state index in [1.54, 1.807) is 36.4 Å². The molecule has 0 bridgehead atoms. The van der Waals surface area contributed by atoms with Crippen LogP contribution in [0.2, 0.25) is 10.0 Å². The van der Waals surface area contributed by atoms with Gasteiger partial charge in [0.15, 0.2) is 0 Å². The number of benzene rings is 4. The highest BCUT2D eigenvalue weighted by molar-refractivity contribution is 7.95. The van der Waals surface area contributed by atoms with Gasteiger partial charge in [-0.25, -0.2) is 16.8 Å². The second-order valence-electron chi connectivity index (χ2n) is 11.2. The number of rotatable bonds is 8. The van der Waals surface area contributed by atoms with E-state index in [1.807, 2.05) is 51.1 Å². The zero-order valence-corrected chi connectivity index (χ0v) is 27.5. The molecule has 0 fully saturated rings. The normalized spacial score (nSPS) is 16.9. The maximum Gasteiger partial charge on any atom is 0.243 e. The Kier molecular flexibility index (Phi) is 9.16. The van der Waals surface area contributed by atoms with Gasteiger partial charge in [-0.1, -0.05) is 71.2 Å². The fraction of sp³-hybridized carbons (Fsp3) is 0.212. The molecule has 1 atom stereocenters. The zero-order valence-electron chi connectivity index (χ0n) is 24.4. The number of hydrogen-bond donors (Lipinski definition) is 0. The monoisotopic (exact) mass is 667 g/mol. The predicted molar refractivity (Wildman–Crippen MR) is 175 cm³/mol. The van der Waals surface area contributed by atoms with E-state index >= 15 is 0 Å². The third kappa shape index (κ3) is 6.67. The highest BCUT2D eigenvalue weighted by Crippen LogP contribution is 2.44. The van der Waals surface area contributed by atoms with Crippen LogP contribution >= 0.6 is 23.2 Å². The first-order valence-corrected chi connectivity index (χ1v) is 17.5. The van der Waals surface area contributed by atoms with Crippen LogP contribution in [0.5, 0.6) is 0 Å². The number of azo groups is 1. The quantitative estimate of drug-likeness (QED) is 0.176. The molecule has 5 rings (SSSR count). The Morgan fingerprint density at radius 1 is 0.750 bits per heavy atom. The lowest BCUT2D eigenvalue weighted by Crippen LogP contribution is -2.48. The van der Waals surface area contributed by atoms with E-state index in [1.165, 1.54) is 40.7 Å². The molecule has 0 spiro atoms. The van der Waals surface area contributed by atoms with E-state index in [0.717, 1.165) is 5.56 Å². The fourth-order valence-electron chi connectivity index (χ4n) is 5.15. The lowest BCUT2D eigenvalue weighted by Gasteiger charge is -2.41. The van der Waals surface area contributed by atoms with E-state index in [0.29, 0.717) is 26.9 Å². The number of nitrogens with zero attached hydrogens (tertiary/aromatic N) is 3. The van der Waals surface area contributed by atoms with E-state index in [-0.39, 0.29) is 27.8 Å². The minimum Gasteiger partial charge on any atom is -0.219 e. The molecular weight excluding hydrogens is 637 g/mol. The van der Waals surface area contributed by atoms with Crippen molar-refractivity contribution in [3.05, 3.63) is 129 Å². The molecule has 0 aliphatic carbocycles. The lowest BCUT2D eigenvalue weighted by molar-refractivity contribution is 0.296. The Bertz CT molecular complexity index is 1930. The third-order valence-corrected chi connectivity index (χ3v) is 11.9. The topological polar surface area (TPSA) is 96.2 Å². The first-order chi connectivity index (χ1) is 20.8. The van der Waals surface area contributed by atoms with Gasteiger partial charge in [0.05, 0.1) is 32.5 Å². The third-order valence-electron chi connectivity index (χ3n) is 7.65. The molecule has 0 unspecified atom stereocenters. The summed E-state index contributed by atoms with van der Waals surface area (Å²) in [7, 11) is -8.30. The Morgan fingerprint density at radius 3 is 1.89 bits per heavy atom. The van der Waals surface area contributed by atoms with Crippen LogP contribution in [-0.4, -0.2) is 39.8 Å². The molecule has 7 nitrogen and oxygen atoms in total. The van der Waals surface area contributed by atoms with Crippen molar-refractivity contribution in [3.8, 4) is 0 Å². The number of hydrogen-bond acceptors (Lipinski definition) is 6. The maximum atomic E-state index is 14.4. The molecule has 0 radical (unpaired) electrons. The summed E-state index contributed by atoms with van der Waals surface area (Å²) in [5.41, 5.74) is 1.57. The summed E-state index contributed by atoms with van der Waals surface area (Å²) in [6, 6.07) is 28.4. The summed E-state index contributed by atoms with van der Waals surface area (Å²) < 4.78 is 58.3. The van der Waals surface area contributed by atoms with E-state index in [4.69, 9.17) is 23.2 Å². The average Bonchev–Trinajstić information content (AvgIpc) is 3.01.